The Balaban J connectivity index is 3.46. The maximum Gasteiger partial charge on any atom is 0.330 e. The zero-order valence-electron chi connectivity index (χ0n) is 12.4. The molecule has 0 radical (unpaired) electrons. The molecule has 0 bridgehead atoms. The molecular weight excluding hydrogens is 256 g/mol. The lowest BCUT2D eigenvalue weighted by Gasteiger charge is -2.14. The van der Waals surface area contributed by atoms with Crippen LogP contribution >= 0.6 is 0 Å². The topological polar surface area (TPSA) is 52.6 Å². The molecule has 0 spiro atoms. The second-order valence-electron chi connectivity index (χ2n) is 4.60. The van der Waals surface area contributed by atoms with E-state index in [1.807, 2.05) is 6.92 Å². The number of hydrogen-bond acceptors (Lipinski definition) is 4. The van der Waals surface area contributed by atoms with Crippen LogP contribution in [-0.2, 0) is 19.1 Å². The van der Waals surface area contributed by atoms with Gasteiger partial charge in [0.1, 0.15) is 6.10 Å². The quantitative estimate of drug-likeness (QED) is 0.312. The van der Waals surface area contributed by atoms with Gasteiger partial charge in [0.05, 0.1) is 6.61 Å². The molecule has 0 aromatic rings. The highest BCUT2D eigenvalue weighted by molar-refractivity contribution is 5.81. The summed E-state index contributed by atoms with van der Waals surface area (Å²) in [7, 11) is 0. The molecule has 0 aliphatic carbocycles. The molecule has 0 N–H and O–H groups in total. The largest absolute Gasteiger partial charge is 0.463 e. The lowest BCUT2D eigenvalue weighted by molar-refractivity contribution is -0.143. The Morgan fingerprint density at radius 1 is 1.00 bits per heavy atom. The third kappa shape index (κ3) is 10.4. The SMILES string of the molecule is C=CC(=O)OCCCCCCCC(CC)OC(=O)C=C. The van der Waals surface area contributed by atoms with E-state index in [2.05, 4.69) is 13.2 Å². The number of carbonyl (C=O) groups is 2. The van der Waals surface area contributed by atoms with Gasteiger partial charge in [-0.1, -0.05) is 39.3 Å². The monoisotopic (exact) mass is 282 g/mol. The molecule has 4 heteroatoms. The maximum absolute atomic E-state index is 11.1. The average Bonchev–Trinajstić information content (AvgIpc) is 2.47. The van der Waals surface area contributed by atoms with Crippen molar-refractivity contribution >= 4 is 11.9 Å². The number of carbonyl (C=O) groups excluding carboxylic acids is 2. The minimum Gasteiger partial charge on any atom is -0.463 e. The van der Waals surface area contributed by atoms with Gasteiger partial charge in [-0.25, -0.2) is 9.59 Å². The summed E-state index contributed by atoms with van der Waals surface area (Å²) in [5.41, 5.74) is 0. The van der Waals surface area contributed by atoms with Gasteiger partial charge in [0, 0.05) is 12.2 Å². The standard InChI is InChI=1S/C16H26O4/c1-4-14(20-16(18)6-3)12-10-8-7-9-11-13-19-15(17)5-2/h5-6,14H,2-4,7-13H2,1H3. The van der Waals surface area contributed by atoms with Crippen molar-refractivity contribution in [2.75, 3.05) is 6.61 Å². The molecular formula is C16H26O4. The molecule has 0 amide bonds. The van der Waals surface area contributed by atoms with Crippen LogP contribution in [0, 0.1) is 0 Å². The van der Waals surface area contributed by atoms with Crippen LogP contribution in [0.2, 0.25) is 0 Å². The van der Waals surface area contributed by atoms with Gasteiger partial charge in [0.15, 0.2) is 0 Å². The fourth-order valence-corrected chi connectivity index (χ4v) is 1.79. The highest BCUT2D eigenvalue weighted by Gasteiger charge is 2.09. The van der Waals surface area contributed by atoms with Crippen LogP contribution in [0.1, 0.15) is 51.9 Å². The van der Waals surface area contributed by atoms with Crippen LogP contribution in [0.15, 0.2) is 25.3 Å². The maximum atomic E-state index is 11.1. The van der Waals surface area contributed by atoms with E-state index in [1.165, 1.54) is 12.2 Å². The second kappa shape index (κ2) is 12.5. The van der Waals surface area contributed by atoms with Crippen LogP contribution in [0.25, 0.3) is 0 Å². The number of hydrogen-bond donors (Lipinski definition) is 0. The molecule has 0 fully saturated rings. The van der Waals surface area contributed by atoms with Crippen molar-refractivity contribution in [3.8, 4) is 0 Å². The van der Waals surface area contributed by atoms with E-state index in [4.69, 9.17) is 9.47 Å². The van der Waals surface area contributed by atoms with Gasteiger partial charge >= 0.3 is 11.9 Å². The fourth-order valence-electron chi connectivity index (χ4n) is 1.79. The van der Waals surface area contributed by atoms with Gasteiger partial charge in [-0.15, -0.1) is 0 Å². The summed E-state index contributed by atoms with van der Waals surface area (Å²) >= 11 is 0. The number of unbranched alkanes of at least 4 members (excludes halogenated alkanes) is 4. The first-order valence-corrected chi connectivity index (χ1v) is 7.26. The van der Waals surface area contributed by atoms with Crippen molar-refractivity contribution in [1.82, 2.24) is 0 Å². The van der Waals surface area contributed by atoms with Gasteiger partial charge in [0.25, 0.3) is 0 Å². The summed E-state index contributed by atoms with van der Waals surface area (Å²) < 4.78 is 10.1. The normalized spacial score (nSPS) is 11.4. The molecule has 1 atom stereocenters. The molecule has 0 aliphatic rings. The summed E-state index contributed by atoms with van der Waals surface area (Å²) in [5.74, 6) is -0.708. The Kier molecular flexibility index (Phi) is 11.5. The molecule has 1 unspecified atom stereocenters. The fraction of sp³-hybridized carbons (Fsp3) is 0.625. The van der Waals surface area contributed by atoms with E-state index >= 15 is 0 Å². The van der Waals surface area contributed by atoms with Crippen LogP contribution in [0.5, 0.6) is 0 Å². The average molecular weight is 282 g/mol. The van der Waals surface area contributed by atoms with Crippen molar-refractivity contribution in [3.63, 3.8) is 0 Å². The third-order valence-corrected chi connectivity index (χ3v) is 2.99. The molecule has 0 heterocycles. The van der Waals surface area contributed by atoms with Crippen molar-refractivity contribution in [3.05, 3.63) is 25.3 Å². The molecule has 0 saturated carbocycles. The van der Waals surface area contributed by atoms with Gasteiger partial charge in [-0.2, -0.15) is 0 Å². The highest BCUT2D eigenvalue weighted by atomic mass is 16.5. The second-order valence-corrected chi connectivity index (χ2v) is 4.60. The van der Waals surface area contributed by atoms with Crippen molar-refractivity contribution in [2.24, 2.45) is 0 Å². The predicted octanol–water partition coefficient (Wildman–Crippen LogP) is 3.56. The molecule has 0 aromatic carbocycles. The molecule has 0 aromatic heterocycles. The van der Waals surface area contributed by atoms with Gasteiger partial charge in [-0.3, -0.25) is 0 Å². The van der Waals surface area contributed by atoms with Gasteiger partial charge < -0.3 is 9.47 Å². The van der Waals surface area contributed by atoms with E-state index in [-0.39, 0.29) is 18.0 Å². The van der Waals surface area contributed by atoms with Crippen LogP contribution < -0.4 is 0 Å². The Morgan fingerprint density at radius 3 is 2.20 bits per heavy atom. The van der Waals surface area contributed by atoms with Crippen molar-refractivity contribution < 1.29 is 19.1 Å². The van der Waals surface area contributed by atoms with Crippen molar-refractivity contribution in [1.29, 1.82) is 0 Å². The number of ether oxygens (including phenoxy) is 2. The van der Waals surface area contributed by atoms with Gasteiger partial charge in [0.2, 0.25) is 0 Å². The molecule has 0 saturated heterocycles. The summed E-state index contributed by atoms with van der Waals surface area (Å²) in [4.78, 5) is 21.9. The van der Waals surface area contributed by atoms with E-state index in [9.17, 15) is 9.59 Å². The lowest BCUT2D eigenvalue weighted by Crippen LogP contribution is -2.15. The van der Waals surface area contributed by atoms with E-state index in [0.29, 0.717) is 6.61 Å². The van der Waals surface area contributed by atoms with E-state index in [1.54, 1.807) is 0 Å². The number of esters is 2. The van der Waals surface area contributed by atoms with Crippen LogP contribution in [0.4, 0.5) is 0 Å². The summed E-state index contributed by atoms with van der Waals surface area (Å²) in [5, 5.41) is 0. The van der Waals surface area contributed by atoms with Crippen LogP contribution in [-0.4, -0.2) is 24.6 Å². The molecule has 4 nitrogen and oxygen atoms in total. The minimum absolute atomic E-state index is 0.00551. The Hall–Kier alpha value is -1.58. The Morgan fingerprint density at radius 2 is 1.60 bits per heavy atom. The number of rotatable bonds is 12. The van der Waals surface area contributed by atoms with E-state index < -0.39 is 0 Å². The summed E-state index contributed by atoms with van der Waals surface area (Å²) in [6.07, 6.45) is 9.23. The molecule has 114 valence electrons. The van der Waals surface area contributed by atoms with E-state index in [0.717, 1.165) is 44.9 Å². The lowest BCUT2D eigenvalue weighted by atomic mass is 10.1. The molecule has 20 heavy (non-hydrogen) atoms. The van der Waals surface area contributed by atoms with Crippen LogP contribution in [0.3, 0.4) is 0 Å². The van der Waals surface area contributed by atoms with Gasteiger partial charge in [-0.05, 0) is 25.7 Å². The predicted molar refractivity (Wildman–Crippen MR) is 79.2 cm³/mol. The Labute approximate surface area is 121 Å². The third-order valence-electron chi connectivity index (χ3n) is 2.99. The summed E-state index contributed by atoms with van der Waals surface area (Å²) in [6, 6.07) is 0. The molecule has 0 aliphatic heterocycles. The minimum atomic E-state index is -0.361. The smallest absolute Gasteiger partial charge is 0.330 e. The van der Waals surface area contributed by atoms with Crippen molar-refractivity contribution in [2.45, 2.75) is 58.0 Å². The first kappa shape index (κ1) is 18.4. The zero-order chi connectivity index (χ0) is 15.2. The molecule has 0 rings (SSSR count). The first-order chi connectivity index (χ1) is 9.63. The first-order valence-electron chi connectivity index (χ1n) is 7.26. The zero-order valence-corrected chi connectivity index (χ0v) is 12.4. The highest BCUT2D eigenvalue weighted by Crippen LogP contribution is 2.12. The Bertz CT molecular complexity index is 310. The summed E-state index contributed by atoms with van der Waals surface area (Å²) in [6.45, 7) is 9.19.